The van der Waals surface area contributed by atoms with E-state index in [2.05, 4.69) is 12.2 Å². The molecule has 1 aliphatic heterocycles. The first kappa shape index (κ1) is 21.3. The lowest BCUT2D eigenvalue weighted by Crippen LogP contribution is -2.29. The Labute approximate surface area is 163 Å². The van der Waals surface area contributed by atoms with Gasteiger partial charge in [0.15, 0.2) is 0 Å². The minimum Gasteiger partial charge on any atom is -0.463 e. The quantitative estimate of drug-likeness (QED) is 0.537. The van der Waals surface area contributed by atoms with Gasteiger partial charge in [-0.25, -0.2) is 9.59 Å². The number of nitrogens with one attached hydrogen (secondary N) is 1. The first-order chi connectivity index (χ1) is 13.4. The first-order valence-corrected chi connectivity index (χ1v) is 9.04. The molecule has 152 valence electrons. The van der Waals surface area contributed by atoms with Crippen molar-refractivity contribution in [1.82, 2.24) is 0 Å². The molecular weight excluding hydrogens is 366 g/mol. The van der Waals surface area contributed by atoms with Crippen LogP contribution in [0.4, 0.5) is 5.69 Å². The molecule has 8 nitrogen and oxygen atoms in total. The summed E-state index contributed by atoms with van der Waals surface area (Å²) < 4.78 is 21.2. The zero-order valence-corrected chi connectivity index (χ0v) is 16.5. The molecular formula is C20H25NO7. The number of hydrogen-bond acceptors (Lipinski definition) is 7. The van der Waals surface area contributed by atoms with Crippen LogP contribution in [0.25, 0.3) is 0 Å². The highest BCUT2D eigenvalue weighted by Gasteiger charge is 2.49. The van der Waals surface area contributed by atoms with Crippen molar-refractivity contribution in [3.05, 3.63) is 41.3 Å². The van der Waals surface area contributed by atoms with Crippen LogP contribution < -0.4 is 5.32 Å². The second-order valence-corrected chi connectivity index (χ2v) is 6.31. The van der Waals surface area contributed by atoms with E-state index in [1.807, 2.05) is 0 Å². The van der Waals surface area contributed by atoms with Crippen molar-refractivity contribution in [3.8, 4) is 0 Å². The molecule has 0 saturated carbocycles. The zero-order chi connectivity index (χ0) is 20.7. The Kier molecular flexibility index (Phi) is 7.03. The molecule has 1 heterocycles. The van der Waals surface area contributed by atoms with Crippen LogP contribution in [0.2, 0.25) is 0 Å². The number of carbonyl (C=O) groups is 3. The topological polar surface area (TPSA) is 100 Å². The molecule has 28 heavy (non-hydrogen) atoms. The van der Waals surface area contributed by atoms with Gasteiger partial charge in [-0.1, -0.05) is 19.8 Å². The summed E-state index contributed by atoms with van der Waals surface area (Å²) in [5, 5.41) is 2.68. The molecule has 1 aliphatic rings. The van der Waals surface area contributed by atoms with Crippen LogP contribution in [0, 0.1) is 0 Å². The van der Waals surface area contributed by atoms with Crippen molar-refractivity contribution >= 4 is 23.5 Å². The van der Waals surface area contributed by atoms with E-state index < -0.39 is 17.7 Å². The summed E-state index contributed by atoms with van der Waals surface area (Å²) in [7, 11) is 2.37. The van der Waals surface area contributed by atoms with E-state index >= 15 is 0 Å². The minimum absolute atomic E-state index is 0.193. The highest BCUT2D eigenvalue weighted by Crippen LogP contribution is 2.44. The zero-order valence-electron chi connectivity index (χ0n) is 16.5. The van der Waals surface area contributed by atoms with Crippen LogP contribution in [-0.4, -0.2) is 32.1 Å². The molecule has 0 bridgehead atoms. The molecule has 8 heteroatoms. The number of methoxy groups -OCH3 is 2. The average molecular weight is 391 g/mol. The summed E-state index contributed by atoms with van der Waals surface area (Å²) in [4.78, 5) is 35.5. The predicted octanol–water partition coefficient (Wildman–Crippen LogP) is 2.98. The number of unbranched alkanes of at least 4 members (excludes halogenated alkanes) is 2. The van der Waals surface area contributed by atoms with Gasteiger partial charge in [0.1, 0.15) is 0 Å². The summed E-state index contributed by atoms with van der Waals surface area (Å²) in [6.07, 6.45) is 3.03. The normalized spacial score (nSPS) is 14.7. The number of amides is 1. The van der Waals surface area contributed by atoms with Gasteiger partial charge in [-0.15, -0.1) is 0 Å². The van der Waals surface area contributed by atoms with Crippen molar-refractivity contribution in [2.45, 2.75) is 45.3 Å². The summed E-state index contributed by atoms with van der Waals surface area (Å²) in [6, 6.07) is 6.82. The number of benzene rings is 1. The Morgan fingerprint density at radius 2 is 1.50 bits per heavy atom. The van der Waals surface area contributed by atoms with Gasteiger partial charge in [0.05, 0.1) is 14.2 Å². The number of rotatable bonds is 8. The van der Waals surface area contributed by atoms with E-state index in [0.717, 1.165) is 19.3 Å². The summed E-state index contributed by atoms with van der Waals surface area (Å²) >= 11 is 0. The van der Waals surface area contributed by atoms with Gasteiger partial charge in [-0.3, -0.25) is 4.79 Å². The molecule has 0 atom stereocenters. The predicted molar refractivity (Wildman–Crippen MR) is 99.8 cm³/mol. The minimum atomic E-state index is -1.36. The number of carbonyl (C=O) groups excluding carboxylic acids is 3. The fourth-order valence-corrected chi connectivity index (χ4v) is 2.88. The largest absolute Gasteiger partial charge is 0.463 e. The van der Waals surface area contributed by atoms with Gasteiger partial charge < -0.3 is 24.3 Å². The van der Waals surface area contributed by atoms with E-state index in [1.165, 1.54) is 21.1 Å². The van der Waals surface area contributed by atoms with Gasteiger partial charge in [0, 0.05) is 24.6 Å². The molecule has 1 aromatic rings. The Morgan fingerprint density at radius 1 is 0.964 bits per heavy atom. The second kappa shape index (κ2) is 9.25. The van der Waals surface area contributed by atoms with Crippen molar-refractivity contribution in [2.75, 3.05) is 19.5 Å². The lowest BCUT2D eigenvalue weighted by atomic mass is 9.98. The third-order valence-electron chi connectivity index (χ3n) is 4.24. The third kappa shape index (κ3) is 4.62. The number of ether oxygens (including phenoxy) is 4. The first-order valence-electron chi connectivity index (χ1n) is 9.04. The average Bonchev–Trinajstić information content (AvgIpc) is 3.08. The molecule has 0 aromatic heterocycles. The van der Waals surface area contributed by atoms with Crippen molar-refractivity contribution < 1.29 is 33.3 Å². The summed E-state index contributed by atoms with van der Waals surface area (Å²) in [6.45, 7) is 3.47. The Morgan fingerprint density at radius 3 is 1.93 bits per heavy atom. The van der Waals surface area contributed by atoms with Crippen LogP contribution in [0.5, 0.6) is 0 Å². The maximum atomic E-state index is 12.1. The van der Waals surface area contributed by atoms with Crippen LogP contribution in [0.3, 0.4) is 0 Å². The Hall–Kier alpha value is -3.03. The van der Waals surface area contributed by atoms with E-state index in [4.69, 9.17) is 18.9 Å². The van der Waals surface area contributed by atoms with E-state index in [0.29, 0.717) is 17.7 Å². The molecule has 0 saturated heterocycles. The fourth-order valence-electron chi connectivity index (χ4n) is 2.88. The molecule has 0 aliphatic carbocycles. The highest BCUT2D eigenvalue weighted by atomic mass is 16.8. The van der Waals surface area contributed by atoms with Gasteiger partial charge in [-0.2, -0.15) is 0 Å². The maximum absolute atomic E-state index is 12.1. The Bertz CT molecular complexity index is 739. The monoisotopic (exact) mass is 391 g/mol. The van der Waals surface area contributed by atoms with Crippen LogP contribution in [-0.2, 0) is 39.1 Å². The third-order valence-corrected chi connectivity index (χ3v) is 4.24. The van der Waals surface area contributed by atoms with E-state index in [9.17, 15) is 14.4 Å². The van der Waals surface area contributed by atoms with Crippen molar-refractivity contribution in [3.63, 3.8) is 0 Å². The van der Waals surface area contributed by atoms with Crippen LogP contribution in [0.1, 0.15) is 45.1 Å². The van der Waals surface area contributed by atoms with Crippen LogP contribution >= 0.6 is 0 Å². The number of hydrogen-bond donors (Lipinski definition) is 1. The summed E-state index contributed by atoms with van der Waals surface area (Å²) in [5.41, 5.74) is 1.20. The van der Waals surface area contributed by atoms with Gasteiger partial charge in [0.2, 0.25) is 5.91 Å². The Balaban J connectivity index is 2.40. The number of anilines is 1. The standard InChI is InChI=1S/C20H25NO7/c1-5-6-7-12-20(14-8-10-15(11-9-14)21-13(2)22)27-16(18(23)25-3)17(28-20)19(24)26-4/h8-11H,5-7,12H2,1-4H3,(H,21,22). The molecule has 0 spiro atoms. The SMILES string of the molecule is CCCCCC1(c2ccc(NC(C)=O)cc2)OC(C(=O)OC)=C(C(=O)OC)O1. The molecule has 1 aromatic carbocycles. The fraction of sp³-hybridized carbons (Fsp3) is 0.450. The van der Waals surface area contributed by atoms with Crippen LogP contribution in [0.15, 0.2) is 35.8 Å². The highest BCUT2D eigenvalue weighted by molar-refractivity contribution is 5.98. The molecule has 1 N–H and O–H groups in total. The number of esters is 2. The summed E-state index contributed by atoms with van der Waals surface area (Å²) in [5.74, 6) is -3.85. The van der Waals surface area contributed by atoms with E-state index in [-0.39, 0.29) is 17.4 Å². The second-order valence-electron chi connectivity index (χ2n) is 6.31. The van der Waals surface area contributed by atoms with E-state index in [1.54, 1.807) is 24.3 Å². The maximum Gasteiger partial charge on any atom is 0.377 e. The van der Waals surface area contributed by atoms with Gasteiger partial charge >= 0.3 is 11.9 Å². The van der Waals surface area contributed by atoms with Gasteiger partial charge in [-0.05, 0) is 30.7 Å². The lowest BCUT2D eigenvalue weighted by Gasteiger charge is -2.29. The molecule has 1 amide bonds. The smallest absolute Gasteiger partial charge is 0.377 e. The molecule has 0 unspecified atom stereocenters. The van der Waals surface area contributed by atoms with Crippen molar-refractivity contribution in [1.29, 1.82) is 0 Å². The van der Waals surface area contributed by atoms with Crippen molar-refractivity contribution in [2.24, 2.45) is 0 Å². The molecule has 0 fully saturated rings. The lowest BCUT2D eigenvalue weighted by molar-refractivity contribution is -0.182. The van der Waals surface area contributed by atoms with Gasteiger partial charge in [0.25, 0.3) is 17.3 Å². The molecule has 0 radical (unpaired) electrons. The molecule has 2 rings (SSSR count).